The fraction of sp³-hybridized carbons (Fsp3) is 0.948. The molecule has 0 N–H and O–H groups in total. The molecule has 0 aliphatic rings. The number of carbonyl (C=O) groups is 3. The van der Waals surface area contributed by atoms with Crippen molar-refractivity contribution < 1.29 is 28.6 Å². The minimum atomic E-state index is -0.762. The SMILES string of the molecule is CCCCCCCCCCCCCCCCC(=O)O[C@H](COC(=O)CCCCCCCCCCCCCCCCC(C)CC)COC(=O)CCCCCCCCCCCCC(C)CC. The fourth-order valence-corrected chi connectivity index (χ4v) is 8.81. The van der Waals surface area contributed by atoms with Crippen LogP contribution >= 0.6 is 0 Å². The van der Waals surface area contributed by atoms with Gasteiger partial charge in [-0.15, -0.1) is 0 Å². The quantitative estimate of drug-likeness (QED) is 0.0344. The molecule has 0 heterocycles. The first kappa shape index (κ1) is 62.4. The number of carbonyl (C=O) groups excluding carboxylic acids is 3. The second kappa shape index (κ2) is 50.8. The van der Waals surface area contributed by atoms with Gasteiger partial charge in [0.15, 0.2) is 6.10 Å². The summed E-state index contributed by atoms with van der Waals surface area (Å²) in [6, 6.07) is 0. The summed E-state index contributed by atoms with van der Waals surface area (Å²) in [5.74, 6) is 0.926. The van der Waals surface area contributed by atoms with Gasteiger partial charge >= 0.3 is 17.9 Å². The Morgan fingerprint density at radius 1 is 0.312 bits per heavy atom. The van der Waals surface area contributed by atoms with Crippen molar-refractivity contribution in [1.82, 2.24) is 0 Å². The predicted octanol–water partition coefficient (Wildman–Crippen LogP) is 18.9. The Balaban J connectivity index is 4.30. The van der Waals surface area contributed by atoms with Crippen molar-refractivity contribution in [2.75, 3.05) is 13.2 Å². The van der Waals surface area contributed by atoms with Crippen LogP contribution in [0.15, 0.2) is 0 Å². The van der Waals surface area contributed by atoms with Crippen LogP contribution in [0.1, 0.15) is 324 Å². The maximum Gasteiger partial charge on any atom is 0.306 e. The summed E-state index contributed by atoms with van der Waals surface area (Å²) in [6.07, 6.45) is 53.6. The zero-order valence-corrected chi connectivity index (χ0v) is 43.9. The van der Waals surface area contributed by atoms with Crippen molar-refractivity contribution in [3.05, 3.63) is 0 Å². The summed E-state index contributed by atoms with van der Waals surface area (Å²) < 4.78 is 16.9. The second-order valence-electron chi connectivity index (χ2n) is 20.4. The number of unbranched alkanes of at least 4 members (excludes halogenated alkanes) is 35. The van der Waals surface area contributed by atoms with Gasteiger partial charge in [-0.1, -0.05) is 285 Å². The molecule has 0 radical (unpaired) electrons. The summed E-state index contributed by atoms with van der Waals surface area (Å²) >= 11 is 0. The van der Waals surface area contributed by atoms with Gasteiger partial charge < -0.3 is 14.2 Å². The number of hydrogen-bond acceptors (Lipinski definition) is 6. The normalized spacial score (nSPS) is 12.9. The van der Waals surface area contributed by atoms with Gasteiger partial charge in [-0.3, -0.25) is 14.4 Å². The molecular formula is C58H112O6. The summed E-state index contributed by atoms with van der Waals surface area (Å²) in [7, 11) is 0. The summed E-state index contributed by atoms with van der Waals surface area (Å²) in [5, 5.41) is 0. The molecular weight excluding hydrogens is 793 g/mol. The van der Waals surface area contributed by atoms with E-state index in [1.54, 1.807) is 0 Å². The van der Waals surface area contributed by atoms with E-state index in [0.717, 1.165) is 69.6 Å². The van der Waals surface area contributed by atoms with Gasteiger partial charge in [0.05, 0.1) is 0 Å². The molecule has 0 aromatic heterocycles. The third-order valence-corrected chi connectivity index (χ3v) is 13.9. The third-order valence-electron chi connectivity index (χ3n) is 13.9. The van der Waals surface area contributed by atoms with E-state index < -0.39 is 6.10 Å². The van der Waals surface area contributed by atoms with Gasteiger partial charge in [-0.05, 0) is 31.1 Å². The van der Waals surface area contributed by atoms with E-state index in [-0.39, 0.29) is 31.1 Å². The molecule has 0 fully saturated rings. The minimum absolute atomic E-state index is 0.0628. The topological polar surface area (TPSA) is 78.9 Å². The lowest BCUT2D eigenvalue weighted by molar-refractivity contribution is -0.167. The van der Waals surface area contributed by atoms with Gasteiger partial charge in [0, 0.05) is 19.3 Å². The molecule has 0 aromatic rings. The van der Waals surface area contributed by atoms with Gasteiger partial charge in [0.25, 0.3) is 0 Å². The highest BCUT2D eigenvalue weighted by molar-refractivity contribution is 5.71. The van der Waals surface area contributed by atoms with Crippen molar-refractivity contribution in [3.8, 4) is 0 Å². The largest absolute Gasteiger partial charge is 0.462 e. The molecule has 0 aromatic carbocycles. The average Bonchev–Trinajstić information content (AvgIpc) is 3.29. The molecule has 380 valence electrons. The molecule has 0 saturated heterocycles. The Morgan fingerprint density at radius 2 is 0.547 bits per heavy atom. The van der Waals surface area contributed by atoms with E-state index in [1.165, 1.54) is 212 Å². The highest BCUT2D eigenvalue weighted by Crippen LogP contribution is 2.19. The number of esters is 3. The van der Waals surface area contributed by atoms with Crippen LogP contribution in [0.3, 0.4) is 0 Å². The third kappa shape index (κ3) is 48.3. The standard InChI is InChI=1S/C58H112O6/c1-6-9-10-11-12-13-14-15-19-23-30-35-40-45-50-58(61)64-55(52-63-57(60)49-44-39-34-29-25-24-27-32-37-42-47-54(5)8-3)51-62-56(59)48-43-38-33-28-22-20-17-16-18-21-26-31-36-41-46-53(4)7-2/h53-55H,6-52H2,1-5H3/t53?,54?,55-/m1/s1. The first-order chi connectivity index (χ1) is 31.3. The first-order valence-corrected chi connectivity index (χ1v) is 28.8. The molecule has 0 amide bonds. The molecule has 3 atom stereocenters. The highest BCUT2D eigenvalue weighted by atomic mass is 16.6. The van der Waals surface area contributed by atoms with Gasteiger partial charge in [0.2, 0.25) is 0 Å². The van der Waals surface area contributed by atoms with Crippen LogP contribution in [-0.4, -0.2) is 37.2 Å². The Bertz CT molecular complexity index is 982. The van der Waals surface area contributed by atoms with E-state index >= 15 is 0 Å². The zero-order chi connectivity index (χ0) is 46.8. The van der Waals surface area contributed by atoms with Crippen molar-refractivity contribution in [2.24, 2.45) is 11.8 Å². The Hall–Kier alpha value is -1.59. The van der Waals surface area contributed by atoms with Crippen LogP contribution in [0.4, 0.5) is 0 Å². The van der Waals surface area contributed by atoms with Crippen LogP contribution in [0.5, 0.6) is 0 Å². The molecule has 0 rings (SSSR count). The second-order valence-corrected chi connectivity index (χ2v) is 20.4. The maximum atomic E-state index is 12.8. The molecule has 0 bridgehead atoms. The van der Waals surface area contributed by atoms with Gasteiger partial charge in [-0.25, -0.2) is 0 Å². The van der Waals surface area contributed by atoms with E-state index in [1.807, 2.05) is 0 Å². The predicted molar refractivity (Wildman–Crippen MR) is 275 cm³/mol. The van der Waals surface area contributed by atoms with E-state index in [2.05, 4.69) is 34.6 Å². The van der Waals surface area contributed by atoms with Crippen molar-refractivity contribution in [2.45, 2.75) is 330 Å². The lowest BCUT2D eigenvalue weighted by atomic mass is 9.99. The summed E-state index contributed by atoms with van der Waals surface area (Å²) in [5.41, 5.74) is 0. The van der Waals surface area contributed by atoms with Crippen molar-refractivity contribution in [1.29, 1.82) is 0 Å². The zero-order valence-electron chi connectivity index (χ0n) is 43.9. The monoisotopic (exact) mass is 905 g/mol. The van der Waals surface area contributed by atoms with Gasteiger partial charge in [-0.2, -0.15) is 0 Å². The average molecular weight is 906 g/mol. The summed E-state index contributed by atoms with van der Waals surface area (Å²) in [6.45, 7) is 11.5. The van der Waals surface area contributed by atoms with Crippen molar-refractivity contribution >= 4 is 17.9 Å². The van der Waals surface area contributed by atoms with Crippen LogP contribution < -0.4 is 0 Å². The minimum Gasteiger partial charge on any atom is -0.462 e. The van der Waals surface area contributed by atoms with Crippen LogP contribution in [0.25, 0.3) is 0 Å². The van der Waals surface area contributed by atoms with E-state index in [4.69, 9.17) is 14.2 Å². The number of ether oxygens (including phenoxy) is 3. The highest BCUT2D eigenvalue weighted by Gasteiger charge is 2.19. The molecule has 6 heteroatoms. The first-order valence-electron chi connectivity index (χ1n) is 28.8. The van der Waals surface area contributed by atoms with E-state index in [9.17, 15) is 14.4 Å². The number of hydrogen-bond donors (Lipinski definition) is 0. The number of rotatable bonds is 52. The van der Waals surface area contributed by atoms with Crippen LogP contribution in [0, 0.1) is 11.8 Å². The maximum absolute atomic E-state index is 12.8. The molecule has 0 aliphatic heterocycles. The Kier molecular flexibility index (Phi) is 49.6. The lowest BCUT2D eigenvalue weighted by Gasteiger charge is -2.18. The molecule has 64 heavy (non-hydrogen) atoms. The Morgan fingerprint density at radius 3 is 0.812 bits per heavy atom. The molecule has 6 nitrogen and oxygen atoms in total. The van der Waals surface area contributed by atoms with Crippen LogP contribution in [-0.2, 0) is 28.6 Å². The molecule has 0 spiro atoms. The molecule has 0 saturated carbocycles. The fourth-order valence-electron chi connectivity index (χ4n) is 8.81. The Labute approximate surface area is 399 Å². The summed E-state index contributed by atoms with van der Waals surface area (Å²) in [4.78, 5) is 38.1. The van der Waals surface area contributed by atoms with E-state index in [0.29, 0.717) is 19.3 Å². The van der Waals surface area contributed by atoms with Gasteiger partial charge in [0.1, 0.15) is 13.2 Å². The smallest absolute Gasteiger partial charge is 0.306 e. The lowest BCUT2D eigenvalue weighted by Crippen LogP contribution is -2.30. The molecule has 2 unspecified atom stereocenters. The van der Waals surface area contributed by atoms with Crippen LogP contribution in [0.2, 0.25) is 0 Å². The molecule has 0 aliphatic carbocycles. The van der Waals surface area contributed by atoms with Crippen molar-refractivity contribution in [3.63, 3.8) is 0 Å².